The van der Waals surface area contributed by atoms with Crippen molar-refractivity contribution in [2.75, 3.05) is 11.4 Å². The van der Waals surface area contributed by atoms with Gasteiger partial charge in [-0.15, -0.1) is 0 Å². The first kappa shape index (κ1) is 11.7. The molecule has 90 valence electrons. The molecule has 1 aromatic carbocycles. The van der Waals surface area contributed by atoms with Crippen molar-refractivity contribution in [1.29, 1.82) is 0 Å². The molecule has 3 heteroatoms. The molecule has 0 radical (unpaired) electrons. The summed E-state index contributed by atoms with van der Waals surface area (Å²) in [6, 6.07) is 6.85. The summed E-state index contributed by atoms with van der Waals surface area (Å²) in [5, 5.41) is 9.45. The maximum absolute atomic E-state index is 12.3. The van der Waals surface area contributed by atoms with Crippen molar-refractivity contribution in [3.8, 4) is 5.75 Å². The fraction of sp³-hybridized carbons (Fsp3) is 0.357. The van der Waals surface area contributed by atoms with E-state index in [1.54, 1.807) is 23.1 Å². The van der Waals surface area contributed by atoms with Gasteiger partial charge in [-0.25, -0.2) is 0 Å². The summed E-state index contributed by atoms with van der Waals surface area (Å²) >= 11 is 0. The zero-order chi connectivity index (χ0) is 12.3. The maximum Gasteiger partial charge on any atom is 0.230 e. The van der Waals surface area contributed by atoms with Gasteiger partial charge in [0.15, 0.2) is 0 Å². The van der Waals surface area contributed by atoms with Crippen LogP contribution in [0.25, 0.3) is 0 Å². The average Bonchev–Trinajstić information content (AvgIpc) is 2.83. The summed E-state index contributed by atoms with van der Waals surface area (Å²) in [6.45, 7) is 2.57. The highest BCUT2D eigenvalue weighted by atomic mass is 16.3. The lowest BCUT2D eigenvalue weighted by Crippen LogP contribution is -2.35. The van der Waals surface area contributed by atoms with Crippen LogP contribution in [0.2, 0.25) is 0 Å². The first-order valence-electron chi connectivity index (χ1n) is 5.97. The Morgan fingerprint density at radius 2 is 2.12 bits per heavy atom. The van der Waals surface area contributed by atoms with Crippen LogP contribution in [-0.4, -0.2) is 17.6 Å². The number of allylic oxidation sites excluding steroid dienone is 2. The standard InChI is InChI=1S/C14H17NO2/c1-2-15(12-8-5-9-13(16)10-12)14(17)11-6-3-4-7-11/h3-5,8-11,16H,2,6-7H2,1H3. The van der Waals surface area contributed by atoms with Gasteiger partial charge in [0, 0.05) is 24.2 Å². The first-order chi connectivity index (χ1) is 8.22. The lowest BCUT2D eigenvalue weighted by Gasteiger charge is -2.24. The third-order valence-corrected chi connectivity index (χ3v) is 3.08. The zero-order valence-electron chi connectivity index (χ0n) is 9.97. The van der Waals surface area contributed by atoms with Crippen LogP contribution in [-0.2, 0) is 4.79 Å². The van der Waals surface area contributed by atoms with Gasteiger partial charge in [0.1, 0.15) is 5.75 Å². The van der Waals surface area contributed by atoms with Crippen LogP contribution in [0.4, 0.5) is 5.69 Å². The molecule has 1 aliphatic carbocycles. The van der Waals surface area contributed by atoms with Gasteiger partial charge in [-0.1, -0.05) is 18.2 Å². The molecule has 0 saturated carbocycles. The Morgan fingerprint density at radius 3 is 2.71 bits per heavy atom. The summed E-state index contributed by atoms with van der Waals surface area (Å²) in [4.78, 5) is 14.0. The Kier molecular flexibility index (Phi) is 3.47. The minimum Gasteiger partial charge on any atom is -0.508 e. The number of phenolic OH excluding ortho intramolecular Hbond substituents is 1. The molecule has 0 heterocycles. The van der Waals surface area contributed by atoms with Crippen LogP contribution < -0.4 is 4.90 Å². The Labute approximate surface area is 101 Å². The topological polar surface area (TPSA) is 40.5 Å². The largest absolute Gasteiger partial charge is 0.508 e. The van der Waals surface area contributed by atoms with Gasteiger partial charge in [0.2, 0.25) is 5.91 Å². The summed E-state index contributed by atoms with van der Waals surface area (Å²) in [5.41, 5.74) is 0.768. The second-order valence-electron chi connectivity index (χ2n) is 4.24. The number of hydrogen-bond donors (Lipinski definition) is 1. The molecule has 0 aliphatic heterocycles. The van der Waals surface area contributed by atoms with Gasteiger partial charge < -0.3 is 10.0 Å². The molecule has 17 heavy (non-hydrogen) atoms. The molecule has 0 spiro atoms. The van der Waals surface area contributed by atoms with Crippen LogP contribution in [0.5, 0.6) is 5.75 Å². The fourth-order valence-electron chi connectivity index (χ4n) is 2.17. The maximum atomic E-state index is 12.3. The van der Waals surface area contributed by atoms with E-state index in [0.29, 0.717) is 6.54 Å². The third kappa shape index (κ3) is 2.49. The monoisotopic (exact) mass is 231 g/mol. The molecule has 1 N–H and O–H groups in total. The highest BCUT2D eigenvalue weighted by Crippen LogP contribution is 2.25. The molecular weight excluding hydrogens is 214 g/mol. The van der Waals surface area contributed by atoms with Crippen molar-refractivity contribution in [3.63, 3.8) is 0 Å². The number of aromatic hydroxyl groups is 1. The predicted octanol–water partition coefficient (Wildman–Crippen LogP) is 2.71. The van der Waals surface area contributed by atoms with Crippen LogP contribution in [0.15, 0.2) is 36.4 Å². The molecule has 2 rings (SSSR count). The molecule has 0 aromatic heterocycles. The van der Waals surface area contributed by atoms with Crippen molar-refractivity contribution < 1.29 is 9.90 Å². The highest BCUT2D eigenvalue weighted by molar-refractivity contribution is 5.95. The Hall–Kier alpha value is -1.77. The van der Waals surface area contributed by atoms with E-state index in [1.807, 2.05) is 13.0 Å². The van der Waals surface area contributed by atoms with Crippen molar-refractivity contribution in [2.45, 2.75) is 19.8 Å². The number of carbonyl (C=O) groups excluding carboxylic acids is 1. The van der Waals surface area contributed by atoms with Crippen molar-refractivity contribution >= 4 is 11.6 Å². The molecular formula is C14H17NO2. The number of carbonyl (C=O) groups is 1. The van der Waals surface area contributed by atoms with E-state index < -0.39 is 0 Å². The van der Waals surface area contributed by atoms with Crippen LogP contribution >= 0.6 is 0 Å². The van der Waals surface area contributed by atoms with E-state index in [-0.39, 0.29) is 17.6 Å². The van der Waals surface area contributed by atoms with Gasteiger partial charge in [-0.3, -0.25) is 4.79 Å². The zero-order valence-corrected chi connectivity index (χ0v) is 9.97. The average molecular weight is 231 g/mol. The normalized spacial score (nSPS) is 15.1. The smallest absolute Gasteiger partial charge is 0.230 e. The van der Waals surface area contributed by atoms with Gasteiger partial charge in [0.25, 0.3) is 0 Å². The summed E-state index contributed by atoms with van der Waals surface area (Å²) in [5.74, 6) is 0.402. The summed E-state index contributed by atoms with van der Waals surface area (Å²) < 4.78 is 0. The fourth-order valence-corrected chi connectivity index (χ4v) is 2.17. The van der Waals surface area contributed by atoms with E-state index in [1.165, 1.54) is 0 Å². The molecule has 0 fully saturated rings. The molecule has 1 amide bonds. The van der Waals surface area contributed by atoms with Gasteiger partial charge in [-0.2, -0.15) is 0 Å². The van der Waals surface area contributed by atoms with Gasteiger partial charge in [-0.05, 0) is 31.9 Å². The molecule has 0 saturated heterocycles. The Bertz CT molecular complexity index is 432. The Morgan fingerprint density at radius 1 is 1.41 bits per heavy atom. The van der Waals surface area contributed by atoms with E-state index >= 15 is 0 Å². The van der Waals surface area contributed by atoms with E-state index in [0.717, 1.165) is 18.5 Å². The van der Waals surface area contributed by atoms with E-state index in [2.05, 4.69) is 12.2 Å². The predicted molar refractivity (Wildman–Crippen MR) is 68.0 cm³/mol. The molecule has 0 bridgehead atoms. The molecule has 0 unspecified atom stereocenters. The number of amides is 1. The molecule has 1 aromatic rings. The van der Waals surface area contributed by atoms with Crippen molar-refractivity contribution in [2.24, 2.45) is 5.92 Å². The number of nitrogens with zero attached hydrogens (tertiary/aromatic N) is 1. The molecule has 3 nitrogen and oxygen atoms in total. The van der Waals surface area contributed by atoms with Crippen molar-refractivity contribution in [3.05, 3.63) is 36.4 Å². The van der Waals surface area contributed by atoms with Gasteiger partial charge >= 0.3 is 0 Å². The molecule has 0 atom stereocenters. The minimum atomic E-state index is 0.0669. The van der Waals surface area contributed by atoms with Crippen LogP contribution in [0.1, 0.15) is 19.8 Å². The lowest BCUT2D eigenvalue weighted by molar-refractivity contribution is -0.122. The SMILES string of the molecule is CCN(C(=O)C1CC=CC1)c1cccc(O)c1. The van der Waals surface area contributed by atoms with Crippen LogP contribution in [0.3, 0.4) is 0 Å². The number of benzene rings is 1. The van der Waals surface area contributed by atoms with Crippen LogP contribution in [0, 0.1) is 5.92 Å². The summed E-state index contributed by atoms with van der Waals surface area (Å²) in [6.07, 6.45) is 5.76. The Balaban J connectivity index is 2.18. The summed E-state index contributed by atoms with van der Waals surface area (Å²) in [7, 11) is 0. The third-order valence-electron chi connectivity index (χ3n) is 3.08. The van der Waals surface area contributed by atoms with Gasteiger partial charge in [0.05, 0.1) is 0 Å². The second-order valence-corrected chi connectivity index (χ2v) is 4.24. The van der Waals surface area contributed by atoms with E-state index in [4.69, 9.17) is 0 Å². The quantitative estimate of drug-likeness (QED) is 0.812. The number of phenols is 1. The highest BCUT2D eigenvalue weighted by Gasteiger charge is 2.24. The minimum absolute atomic E-state index is 0.0669. The number of anilines is 1. The lowest BCUT2D eigenvalue weighted by atomic mass is 10.1. The number of rotatable bonds is 3. The number of hydrogen-bond acceptors (Lipinski definition) is 2. The van der Waals surface area contributed by atoms with E-state index in [9.17, 15) is 9.90 Å². The van der Waals surface area contributed by atoms with Crippen molar-refractivity contribution in [1.82, 2.24) is 0 Å². The first-order valence-corrected chi connectivity index (χ1v) is 5.97. The molecule has 1 aliphatic rings. The second kappa shape index (κ2) is 5.04.